The Hall–Kier alpha value is -1.86. The maximum Gasteiger partial charge on any atom is 0.220 e. The van der Waals surface area contributed by atoms with E-state index in [9.17, 15) is 8.42 Å². The number of aromatic nitrogens is 1. The number of sulfonamides is 1. The Morgan fingerprint density at radius 2 is 1.91 bits per heavy atom. The molecule has 0 aliphatic carbocycles. The van der Waals surface area contributed by atoms with E-state index in [4.69, 9.17) is 14.3 Å². The third kappa shape index (κ3) is 7.62. The molecular formula is C21H32IN5O4S. The zero-order chi connectivity index (χ0) is 22.3. The van der Waals surface area contributed by atoms with E-state index in [0.717, 1.165) is 18.3 Å². The third-order valence-electron chi connectivity index (χ3n) is 4.94. The van der Waals surface area contributed by atoms with Gasteiger partial charge in [-0.25, -0.2) is 13.4 Å². The molecule has 0 amide bonds. The number of rotatable bonds is 8. The van der Waals surface area contributed by atoms with E-state index in [1.807, 2.05) is 45.0 Å². The summed E-state index contributed by atoms with van der Waals surface area (Å²) < 4.78 is 37.4. The highest BCUT2D eigenvalue weighted by atomic mass is 127. The smallest absolute Gasteiger partial charge is 0.220 e. The first-order chi connectivity index (χ1) is 14.9. The second kappa shape index (κ2) is 12.4. The van der Waals surface area contributed by atoms with Crippen LogP contribution in [0.2, 0.25) is 0 Å². The van der Waals surface area contributed by atoms with Crippen LogP contribution in [0.25, 0.3) is 0 Å². The number of hydrogen-bond donors (Lipinski definition) is 1. The molecule has 0 saturated carbocycles. The predicted molar refractivity (Wildman–Crippen MR) is 135 cm³/mol. The molecule has 0 spiro atoms. The summed E-state index contributed by atoms with van der Waals surface area (Å²) >= 11 is 0. The number of ether oxygens (including phenoxy) is 1. The number of piperazine rings is 1. The summed E-state index contributed by atoms with van der Waals surface area (Å²) in [5.41, 5.74) is 1.61. The van der Waals surface area contributed by atoms with E-state index >= 15 is 0 Å². The van der Waals surface area contributed by atoms with Crippen LogP contribution in [-0.2, 0) is 15.8 Å². The summed E-state index contributed by atoms with van der Waals surface area (Å²) in [5.74, 6) is 1.45. The fourth-order valence-corrected chi connectivity index (χ4v) is 4.72. The van der Waals surface area contributed by atoms with Gasteiger partial charge in [0.1, 0.15) is 23.9 Å². The van der Waals surface area contributed by atoms with E-state index < -0.39 is 10.0 Å². The molecule has 1 atom stereocenters. The lowest BCUT2D eigenvalue weighted by molar-refractivity contribution is 0.227. The number of aryl methyl sites for hydroxylation is 1. The molecule has 1 fully saturated rings. The van der Waals surface area contributed by atoms with Gasteiger partial charge in [-0.15, -0.1) is 24.0 Å². The lowest BCUT2D eigenvalue weighted by atomic mass is 10.2. The molecule has 1 N–H and O–H groups in total. The maximum atomic E-state index is 12.6. The molecule has 3 rings (SSSR count). The molecule has 1 aliphatic heterocycles. The molecule has 1 aromatic carbocycles. The van der Waals surface area contributed by atoms with Gasteiger partial charge in [-0.2, -0.15) is 4.31 Å². The molecule has 11 heteroatoms. The fourth-order valence-electron chi connectivity index (χ4n) is 3.30. The van der Waals surface area contributed by atoms with Crippen LogP contribution >= 0.6 is 24.0 Å². The van der Waals surface area contributed by atoms with Crippen molar-refractivity contribution in [1.82, 2.24) is 19.7 Å². The zero-order valence-corrected chi connectivity index (χ0v) is 21.9. The number of guanidine groups is 1. The van der Waals surface area contributed by atoms with E-state index in [2.05, 4.69) is 15.4 Å². The lowest BCUT2D eigenvalue weighted by Crippen LogP contribution is -2.54. The number of nitrogens with one attached hydrogen (secondary N) is 1. The normalized spacial score (nSPS) is 16.3. The Kier molecular flexibility index (Phi) is 10.2. The fraction of sp³-hybridized carbons (Fsp3) is 0.524. The Labute approximate surface area is 207 Å². The van der Waals surface area contributed by atoms with Gasteiger partial charge in [-0.1, -0.05) is 22.9 Å². The molecule has 32 heavy (non-hydrogen) atoms. The van der Waals surface area contributed by atoms with Gasteiger partial charge in [-0.05, 0) is 32.9 Å². The minimum absolute atomic E-state index is 0. The van der Waals surface area contributed by atoms with Gasteiger partial charge in [0.15, 0.2) is 5.96 Å². The minimum atomic E-state index is -3.43. The topological polar surface area (TPSA) is 100 Å². The van der Waals surface area contributed by atoms with Crippen LogP contribution in [0.15, 0.2) is 46.1 Å². The summed E-state index contributed by atoms with van der Waals surface area (Å²) in [7, 11) is -3.43. The van der Waals surface area contributed by atoms with Gasteiger partial charge >= 0.3 is 0 Å². The summed E-state index contributed by atoms with van der Waals surface area (Å²) in [4.78, 5) is 6.80. The van der Waals surface area contributed by atoms with Crippen molar-refractivity contribution >= 4 is 40.0 Å². The Bertz CT molecular complexity index is 943. The largest absolute Gasteiger partial charge is 0.489 e. The van der Waals surface area contributed by atoms with Crippen molar-refractivity contribution in [2.75, 3.05) is 39.3 Å². The summed E-state index contributed by atoms with van der Waals surface area (Å²) in [6.07, 6.45) is 1.30. The maximum absolute atomic E-state index is 12.6. The predicted octanol–water partition coefficient (Wildman–Crippen LogP) is 2.48. The van der Waals surface area contributed by atoms with Crippen LogP contribution in [-0.4, -0.2) is 74.1 Å². The van der Waals surface area contributed by atoms with Crippen molar-refractivity contribution < 1.29 is 17.7 Å². The first-order valence-corrected chi connectivity index (χ1v) is 12.1. The number of halogens is 1. The van der Waals surface area contributed by atoms with Crippen molar-refractivity contribution in [1.29, 1.82) is 0 Å². The summed E-state index contributed by atoms with van der Waals surface area (Å²) in [6.45, 7) is 9.22. The van der Waals surface area contributed by atoms with E-state index in [0.29, 0.717) is 38.4 Å². The van der Waals surface area contributed by atoms with Crippen LogP contribution in [0.1, 0.15) is 25.1 Å². The van der Waals surface area contributed by atoms with Gasteiger partial charge in [0.25, 0.3) is 0 Å². The molecule has 0 bridgehead atoms. The van der Waals surface area contributed by atoms with Crippen LogP contribution in [0.3, 0.4) is 0 Å². The van der Waals surface area contributed by atoms with Gasteiger partial charge in [-0.3, -0.25) is 0 Å². The van der Waals surface area contributed by atoms with Crippen LogP contribution < -0.4 is 10.1 Å². The van der Waals surface area contributed by atoms with Gasteiger partial charge < -0.3 is 19.5 Å². The highest BCUT2D eigenvalue weighted by Crippen LogP contribution is 2.15. The molecule has 2 heterocycles. The number of nitrogens with zero attached hydrogens (tertiary/aromatic N) is 4. The average molecular weight is 577 g/mol. The molecule has 1 saturated heterocycles. The molecule has 178 valence electrons. The Balaban J connectivity index is 0.00000363. The van der Waals surface area contributed by atoms with E-state index in [-0.39, 0.29) is 35.8 Å². The monoisotopic (exact) mass is 577 g/mol. The molecule has 1 unspecified atom stereocenters. The van der Waals surface area contributed by atoms with Crippen molar-refractivity contribution in [3.63, 3.8) is 0 Å². The number of benzene rings is 1. The third-order valence-corrected chi connectivity index (χ3v) is 6.76. The zero-order valence-electron chi connectivity index (χ0n) is 18.7. The highest BCUT2D eigenvalue weighted by Gasteiger charge is 2.29. The van der Waals surface area contributed by atoms with Crippen molar-refractivity contribution in [2.45, 2.75) is 32.6 Å². The molecule has 9 nitrogen and oxygen atoms in total. The first-order valence-electron chi connectivity index (χ1n) is 10.5. The van der Waals surface area contributed by atoms with E-state index in [1.165, 1.54) is 16.1 Å². The van der Waals surface area contributed by atoms with Crippen LogP contribution in [0, 0.1) is 6.92 Å². The minimum Gasteiger partial charge on any atom is -0.489 e. The van der Waals surface area contributed by atoms with Crippen LogP contribution in [0.5, 0.6) is 5.75 Å². The molecule has 1 aliphatic rings. The molecule has 2 aromatic rings. The van der Waals surface area contributed by atoms with Crippen molar-refractivity contribution in [2.24, 2.45) is 4.99 Å². The van der Waals surface area contributed by atoms with Crippen molar-refractivity contribution in [3.05, 3.63) is 47.9 Å². The summed E-state index contributed by atoms with van der Waals surface area (Å²) in [5, 5.41) is 7.01. The van der Waals surface area contributed by atoms with Crippen molar-refractivity contribution in [3.8, 4) is 5.75 Å². The SMILES string of the molecule is CCNC(=NCC(C)Oc1ccc(C)cc1)N1CCN(S(=O)(=O)Cc2ccon2)CC1.I. The second-order valence-electron chi connectivity index (χ2n) is 7.57. The lowest BCUT2D eigenvalue weighted by Gasteiger charge is -2.35. The quantitative estimate of drug-likeness (QED) is 0.293. The average Bonchev–Trinajstić information content (AvgIpc) is 3.25. The van der Waals surface area contributed by atoms with Gasteiger partial charge in [0.2, 0.25) is 10.0 Å². The number of hydrogen-bond acceptors (Lipinski definition) is 6. The van der Waals surface area contributed by atoms with Gasteiger partial charge in [0, 0.05) is 38.8 Å². The molecular weight excluding hydrogens is 545 g/mol. The molecule has 0 radical (unpaired) electrons. The van der Waals surface area contributed by atoms with Crippen LogP contribution in [0.4, 0.5) is 0 Å². The first kappa shape index (κ1) is 26.4. The highest BCUT2D eigenvalue weighted by molar-refractivity contribution is 14.0. The Morgan fingerprint density at radius 1 is 1.22 bits per heavy atom. The molecule has 1 aromatic heterocycles. The standard InChI is InChI=1S/C21H31N5O4S.HI/c1-4-22-21(23-15-18(3)30-20-7-5-17(2)6-8-20)25-10-12-26(13-11-25)31(27,28)16-19-9-14-29-24-19;/h5-9,14,18H,4,10-13,15-16H2,1-3H3,(H,22,23);1H. The Morgan fingerprint density at radius 3 is 2.50 bits per heavy atom. The van der Waals surface area contributed by atoms with Gasteiger partial charge in [0.05, 0.1) is 12.2 Å². The van der Waals surface area contributed by atoms with E-state index in [1.54, 1.807) is 6.07 Å². The second-order valence-corrected chi connectivity index (χ2v) is 9.54. The number of aliphatic imine (C=N–C) groups is 1. The summed E-state index contributed by atoms with van der Waals surface area (Å²) in [6, 6.07) is 9.53.